The molecule has 0 aromatic rings. The second kappa shape index (κ2) is 51.2. The number of unbranched alkanes of at least 4 members (excludes halogenated alkanes) is 32. The number of nitrogens with zero attached hydrogens (tertiary/aromatic N) is 1. The van der Waals surface area contributed by atoms with E-state index < -0.39 is 18.0 Å². The van der Waals surface area contributed by atoms with Gasteiger partial charge in [0.05, 0.1) is 19.6 Å². The maximum atomic E-state index is 13.9. The highest BCUT2D eigenvalue weighted by atomic mass is 16.5. The van der Waals surface area contributed by atoms with E-state index in [1.54, 1.807) is 0 Å². The lowest BCUT2D eigenvalue weighted by molar-refractivity contribution is -0.155. The molecule has 0 aliphatic heterocycles. The van der Waals surface area contributed by atoms with E-state index in [0.717, 1.165) is 51.6 Å². The molecule has 7 nitrogen and oxygen atoms in total. The second-order valence-electron chi connectivity index (χ2n) is 20.6. The Kier molecular flexibility index (Phi) is 50.0. The van der Waals surface area contributed by atoms with Crippen LogP contribution in [0.1, 0.15) is 311 Å². The second-order valence-corrected chi connectivity index (χ2v) is 20.6. The van der Waals surface area contributed by atoms with Crippen LogP contribution < -0.4 is 5.32 Å². The van der Waals surface area contributed by atoms with Crippen molar-refractivity contribution < 1.29 is 23.9 Å². The average Bonchev–Trinajstić information content (AvgIpc) is 3.32. The number of ether oxygens (including phenoxy) is 2. The first-order chi connectivity index (χ1) is 32.3. The Bertz CT molecular complexity index is 1030. The average molecular weight is 934 g/mol. The molecule has 0 bridgehead atoms. The molecule has 66 heavy (non-hydrogen) atoms. The summed E-state index contributed by atoms with van der Waals surface area (Å²) >= 11 is 0. The third-order valence-electron chi connectivity index (χ3n) is 14.3. The molecule has 0 aromatic heterocycles. The summed E-state index contributed by atoms with van der Waals surface area (Å²) in [7, 11) is 0. The van der Waals surface area contributed by atoms with Crippen LogP contribution in [0.25, 0.3) is 0 Å². The molecule has 0 fully saturated rings. The summed E-state index contributed by atoms with van der Waals surface area (Å²) < 4.78 is 12.1. The van der Waals surface area contributed by atoms with Gasteiger partial charge in [-0.2, -0.15) is 0 Å². The Morgan fingerprint density at radius 1 is 0.394 bits per heavy atom. The molecule has 0 saturated carbocycles. The van der Waals surface area contributed by atoms with Gasteiger partial charge in [0.2, 0.25) is 5.91 Å². The third-order valence-corrected chi connectivity index (χ3v) is 14.3. The van der Waals surface area contributed by atoms with Crippen molar-refractivity contribution in [2.24, 2.45) is 11.8 Å². The number of hydrogen-bond acceptors (Lipinski definition) is 6. The van der Waals surface area contributed by atoms with E-state index in [1.807, 2.05) is 0 Å². The summed E-state index contributed by atoms with van der Waals surface area (Å²) in [5.74, 6) is -0.484. The molecule has 1 N–H and O–H groups in total. The van der Waals surface area contributed by atoms with Gasteiger partial charge >= 0.3 is 11.9 Å². The summed E-state index contributed by atoms with van der Waals surface area (Å²) in [5.41, 5.74) is 0. The Balaban J connectivity index is 5.52. The van der Waals surface area contributed by atoms with Crippen molar-refractivity contribution in [3.8, 4) is 0 Å². The molecular formula is C59H116N2O5. The molecule has 0 aromatic carbocycles. The number of carbonyl (C=O) groups excluding carboxylic acids is 3. The maximum absolute atomic E-state index is 13.9. The lowest BCUT2D eigenvalue weighted by Crippen LogP contribution is -2.45. The van der Waals surface area contributed by atoms with Crippen LogP contribution in [-0.4, -0.2) is 61.6 Å². The third kappa shape index (κ3) is 43.6. The van der Waals surface area contributed by atoms with Gasteiger partial charge in [-0.1, -0.05) is 273 Å². The summed E-state index contributed by atoms with van der Waals surface area (Å²) in [4.78, 5) is 43.0. The molecule has 392 valence electrons. The van der Waals surface area contributed by atoms with E-state index in [-0.39, 0.29) is 18.7 Å². The fraction of sp³-hybridized carbons (Fsp3) is 0.949. The molecular weight excluding hydrogens is 817 g/mol. The van der Waals surface area contributed by atoms with Crippen LogP contribution in [0.3, 0.4) is 0 Å². The van der Waals surface area contributed by atoms with Crippen LogP contribution in [0.2, 0.25) is 0 Å². The first-order valence-corrected chi connectivity index (χ1v) is 29.7. The van der Waals surface area contributed by atoms with Gasteiger partial charge in [-0.3, -0.25) is 9.59 Å². The zero-order chi connectivity index (χ0) is 48.4. The predicted molar refractivity (Wildman–Crippen MR) is 285 cm³/mol. The minimum Gasteiger partial charge on any atom is -0.465 e. The van der Waals surface area contributed by atoms with Crippen LogP contribution in [0.5, 0.6) is 0 Å². The molecule has 0 saturated heterocycles. The molecule has 0 heterocycles. The van der Waals surface area contributed by atoms with Crippen molar-refractivity contribution >= 4 is 17.8 Å². The highest BCUT2D eigenvalue weighted by Crippen LogP contribution is 2.23. The molecule has 0 spiro atoms. The molecule has 0 aliphatic carbocycles. The van der Waals surface area contributed by atoms with Crippen molar-refractivity contribution in [2.75, 3.05) is 32.8 Å². The number of nitrogens with one attached hydrogen (secondary N) is 1. The monoisotopic (exact) mass is 933 g/mol. The van der Waals surface area contributed by atoms with Crippen LogP contribution >= 0.6 is 0 Å². The number of rotatable bonds is 53. The van der Waals surface area contributed by atoms with Crippen LogP contribution in [0.15, 0.2) is 0 Å². The van der Waals surface area contributed by atoms with Gasteiger partial charge in [-0.25, -0.2) is 4.79 Å². The molecule has 0 aliphatic rings. The molecule has 7 heteroatoms. The van der Waals surface area contributed by atoms with Crippen molar-refractivity contribution in [1.82, 2.24) is 10.2 Å². The largest absolute Gasteiger partial charge is 0.465 e. The zero-order valence-corrected chi connectivity index (χ0v) is 45.5. The highest BCUT2D eigenvalue weighted by Gasteiger charge is 2.28. The number of amides is 1. The van der Waals surface area contributed by atoms with Crippen molar-refractivity contribution in [3.63, 3.8) is 0 Å². The summed E-state index contributed by atoms with van der Waals surface area (Å²) in [5, 5.41) is 2.93. The highest BCUT2D eigenvalue weighted by molar-refractivity contribution is 5.88. The van der Waals surface area contributed by atoms with E-state index in [9.17, 15) is 14.4 Å². The lowest BCUT2D eigenvalue weighted by atomic mass is 9.94. The van der Waals surface area contributed by atoms with E-state index in [2.05, 4.69) is 51.8 Å². The maximum Gasteiger partial charge on any atom is 0.329 e. The lowest BCUT2D eigenvalue weighted by Gasteiger charge is -2.22. The Morgan fingerprint density at radius 3 is 0.985 bits per heavy atom. The van der Waals surface area contributed by atoms with Gasteiger partial charge in [-0.05, 0) is 50.6 Å². The van der Waals surface area contributed by atoms with Gasteiger partial charge in [0.25, 0.3) is 0 Å². The van der Waals surface area contributed by atoms with Crippen molar-refractivity contribution in [2.45, 2.75) is 317 Å². The summed E-state index contributed by atoms with van der Waals surface area (Å²) in [6.07, 6.45) is 51.1. The van der Waals surface area contributed by atoms with Crippen LogP contribution in [0.4, 0.5) is 0 Å². The van der Waals surface area contributed by atoms with Gasteiger partial charge in [0, 0.05) is 13.0 Å². The van der Waals surface area contributed by atoms with E-state index in [0.29, 0.717) is 31.6 Å². The SMILES string of the molecule is CCCCCCCCCCCCC(CCCCCCCCCC)COC(=O)CC(NC(=O)CCN(CC)CC)C(=O)OCC(CCCCCCCCCC)CCCCCCCCCCCC. The topological polar surface area (TPSA) is 84.9 Å². The normalized spacial score (nSPS) is 13.0. The van der Waals surface area contributed by atoms with Crippen molar-refractivity contribution in [3.05, 3.63) is 0 Å². The molecule has 3 unspecified atom stereocenters. The first kappa shape index (κ1) is 64.4. The molecule has 1 amide bonds. The Hall–Kier alpha value is -1.63. The minimum absolute atomic E-state index is 0.181. The predicted octanol–water partition coefficient (Wildman–Crippen LogP) is 17.6. The Morgan fingerprint density at radius 2 is 0.682 bits per heavy atom. The van der Waals surface area contributed by atoms with E-state index in [4.69, 9.17) is 9.47 Å². The van der Waals surface area contributed by atoms with Gasteiger partial charge in [0.1, 0.15) is 6.04 Å². The quantitative estimate of drug-likeness (QED) is 0.0483. The van der Waals surface area contributed by atoms with Crippen LogP contribution in [-0.2, 0) is 23.9 Å². The minimum atomic E-state index is -1.03. The number of esters is 2. The molecule has 0 radical (unpaired) electrons. The standard InChI is InChI=1S/C59H116N2O5/c1-7-13-17-21-25-29-31-35-39-42-46-54(45-41-37-33-27-23-19-15-9-3)52-65-58(63)51-56(60-57(62)49-50-61(11-5)12-6)59(64)66-53-55(47-43-38-34-28-24-20-16-10-4)48-44-40-36-32-30-26-22-18-14-8-2/h54-56H,7-53H2,1-6H3,(H,60,62). The fourth-order valence-electron chi connectivity index (χ4n) is 9.59. The fourth-order valence-corrected chi connectivity index (χ4v) is 9.59. The number of hydrogen-bond donors (Lipinski definition) is 1. The van der Waals surface area contributed by atoms with Gasteiger partial charge in [-0.15, -0.1) is 0 Å². The van der Waals surface area contributed by atoms with Gasteiger partial charge < -0.3 is 19.7 Å². The van der Waals surface area contributed by atoms with Crippen LogP contribution in [0, 0.1) is 11.8 Å². The van der Waals surface area contributed by atoms with E-state index >= 15 is 0 Å². The Labute approximate surface area is 412 Å². The molecule has 3 atom stereocenters. The first-order valence-electron chi connectivity index (χ1n) is 29.7. The zero-order valence-electron chi connectivity index (χ0n) is 45.5. The smallest absolute Gasteiger partial charge is 0.329 e. The number of carbonyl (C=O) groups is 3. The van der Waals surface area contributed by atoms with Gasteiger partial charge in [0.15, 0.2) is 0 Å². The van der Waals surface area contributed by atoms with E-state index in [1.165, 1.54) is 218 Å². The van der Waals surface area contributed by atoms with Crippen molar-refractivity contribution in [1.29, 1.82) is 0 Å². The summed E-state index contributed by atoms with van der Waals surface area (Å²) in [6, 6.07) is -1.03. The summed E-state index contributed by atoms with van der Waals surface area (Å²) in [6.45, 7) is 16.4. The molecule has 0 rings (SSSR count).